The van der Waals surface area contributed by atoms with Crippen LogP contribution in [0.15, 0.2) is 24.5 Å². The fourth-order valence-corrected chi connectivity index (χ4v) is 2.32. The molecule has 1 saturated heterocycles. The number of pyridine rings is 1. The second kappa shape index (κ2) is 4.42. The number of rotatable bonds is 2. The number of hydrogen-bond acceptors (Lipinski definition) is 3. The highest BCUT2D eigenvalue weighted by Gasteiger charge is 2.20. The van der Waals surface area contributed by atoms with E-state index in [1.165, 1.54) is 0 Å². The molecule has 3 rings (SSSR count). The minimum absolute atomic E-state index is 0.0229. The number of aromatic carboxylic acids is 1. The van der Waals surface area contributed by atoms with Crippen LogP contribution in [-0.4, -0.2) is 27.1 Å². The molecule has 3 heterocycles. The molecule has 5 heteroatoms. The van der Waals surface area contributed by atoms with Crippen molar-refractivity contribution in [2.75, 3.05) is 6.61 Å². The van der Waals surface area contributed by atoms with Gasteiger partial charge in [-0.25, -0.2) is 9.78 Å². The predicted octanol–water partition coefficient (Wildman–Crippen LogP) is 2.27. The molecular weight excluding hydrogens is 232 g/mol. The van der Waals surface area contributed by atoms with Crippen molar-refractivity contribution in [2.24, 2.45) is 0 Å². The van der Waals surface area contributed by atoms with E-state index < -0.39 is 5.97 Å². The molecule has 0 spiro atoms. The van der Waals surface area contributed by atoms with Crippen LogP contribution in [0.4, 0.5) is 0 Å². The zero-order chi connectivity index (χ0) is 12.5. The molecule has 18 heavy (non-hydrogen) atoms. The van der Waals surface area contributed by atoms with E-state index in [0.717, 1.165) is 37.2 Å². The zero-order valence-electron chi connectivity index (χ0n) is 9.87. The van der Waals surface area contributed by atoms with Crippen molar-refractivity contribution >= 4 is 11.5 Å². The second-order valence-corrected chi connectivity index (χ2v) is 4.49. The van der Waals surface area contributed by atoms with E-state index in [9.17, 15) is 4.79 Å². The maximum Gasteiger partial charge on any atom is 0.337 e. The first kappa shape index (κ1) is 11.2. The molecule has 0 amide bonds. The van der Waals surface area contributed by atoms with Gasteiger partial charge in [0.1, 0.15) is 11.9 Å². The maximum absolute atomic E-state index is 11.0. The minimum Gasteiger partial charge on any atom is -0.478 e. The van der Waals surface area contributed by atoms with Crippen molar-refractivity contribution < 1.29 is 14.6 Å². The van der Waals surface area contributed by atoms with Crippen LogP contribution < -0.4 is 0 Å². The summed E-state index contributed by atoms with van der Waals surface area (Å²) in [5.41, 5.74) is 1.15. The van der Waals surface area contributed by atoms with Crippen LogP contribution in [0.1, 0.15) is 41.5 Å². The van der Waals surface area contributed by atoms with Crippen LogP contribution in [0.25, 0.3) is 5.52 Å². The van der Waals surface area contributed by atoms with E-state index in [0.29, 0.717) is 0 Å². The van der Waals surface area contributed by atoms with Gasteiger partial charge in [-0.1, -0.05) is 0 Å². The average Bonchev–Trinajstić information content (AvgIpc) is 2.82. The van der Waals surface area contributed by atoms with Crippen LogP contribution in [0.5, 0.6) is 0 Å². The number of ether oxygens (including phenoxy) is 1. The molecule has 2 aromatic rings. The lowest BCUT2D eigenvalue weighted by Crippen LogP contribution is -2.14. The van der Waals surface area contributed by atoms with Crippen LogP contribution in [-0.2, 0) is 4.74 Å². The van der Waals surface area contributed by atoms with Gasteiger partial charge >= 0.3 is 5.97 Å². The number of carbonyl (C=O) groups is 1. The maximum atomic E-state index is 11.0. The summed E-state index contributed by atoms with van der Waals surface area (Å²) in [5, 5.41) is 9.02. The molecule has 0 aliphatic carbocycles. The van der Waals surface area contributed by atoms with Crippen molar-refractivity contribution in [1.29, 1.82) is 0 Å². The summed E-state index contributed by atoms with van der Waals surface area (Å²) >= 11 is 0. The summed E-state index contributed by atoms with van der Waals surface area (Å²) in [7, 11) is 0. The van der Waals surface area contributed by atoms with Crippen molar-refractivity contribution in [3.8, 4) is 0 Å². The zero-order valence-corrected chi connectivity index (χ0v) is 9.87. The van der Waals surface area contributed by atoms with Gasteiger partial charge in [0.25, 0.3) is 0 Å². The number of hydrogen-bond donors (Lipinski definition) is 1. The Kier molecular flexibility index (Phi) is 2.76. The molecule has 1 aliphatic heterocycles. The quantitative estimate of drug-likeness (QED) is 0.882. The summed E-state index contributed by atoms with van der Waals surface area (Å²) in [4.78, 5) is 15.4. The molecule has 0 saturated carbocycles. The van der Waals surface area contributed by atoms with Gasteiger partial charge in [-0.05, 0) is 31.4 Å². The highest BCUT2D eigenvalue weighted by molar-refractivity contribution is 5.87. The van der Waals surface area contributed by atoms with E-state index in [-0.39, 0.29) is 11.7 Å². The molecule has 0 radical (unpaired) electrons. The molecule has 1 fully saturated rings. The Bertz CT molecular complexity index is 585. The fraction of sp³-hybridized carbons (Fsp3) is 0.385. The number of carboxylic acid groups (broad SMARTS) is 1. The third-order valence-electron chi connectivity index (χ3n) is 3.27. The van der Waals surface area contributed by atoms with Crippen molar-refractivity contribution in [3.05, 3.63) is 35.9 Å². The Labute approximate surface area is 104 Å². The Morgan fingerprint density at radius 1 is 1.44 bits per heavy atom. The lowest BCUT2D eigenvalue weighted by molar-refractivity contribution is 0.00913. The number of aromatic nitrogens is 2. The number of imidazole rings is 1. The summed E-state index contributed by atoms with van der Waals surface area (Å²) in [6.45, 7) is 0.748. The third kappa shape index (κ3) is 1.86. The van der Waals surface area contributed by atoms with Gasteiger partial charge in [0.15, 0.2) is 0 Å². The van der Waals surface area contributed by atoms with Gasteiger partial charge < -0.3 is 14.2 Å². The molecule has 1 aliphatic rings. The van der Waals surface area contributed by atoms with Crippen molar-refractivity contribution in [2.45, 2.75) is 25.4 Å². The number of nitrogens with zero attached hydrogens (tertiary/aromatic N) is 2. The SMILES string of the molecule is O=C(O)c1ccc2cnc(C3CCCCO3)n2c1. The van der Waals surface area contributed by atoms with Gasteiger partial charge in [0.2, 0.25) is 0 Å². The van der Waals surface area contributed by atoms with Gasteiger partial charge in [-0.3, -0.25) is 0 Å². The lowest BCUT2D eigenvalue weighted by Gasteiger charge is -2.21. The highest BCUT2D eigenvalue weighted by atomic mass is 16.5. The Morgan fingerprint density at radius 3 is 3.06 bits per heavy atom. The normalized spacial score (nSPS) is 20.1. The van der Waals surface area contributed by atoms with E-state index in [2.05, 4.69) is 4.98 Å². The monoisotopic (exact) mass is 246 g/mol. The highest BCUT2D eigenvalue weighted by Crippen LogP contribution is 2.27. The van der Waals surface area contributed by atoms with Gasteiger partial charge in [-0.15, -0.1) is 0 Å². The molecule has 0 bridgehead atoms. The first-order chi connectivity index (χ1) is 8.75. The largest absolute Gasteiger partial charge is 0.478 e. The second-order valence-electron chi connectivity index (χ2n) is 4.49. The van der Waals surface area contributed by atoms with E-state index in [1.54, 1.807) is 24.5 Å². The average molecular weight is 246 g/mol. The summed E-state index contributed by atoms with van der Waals surface area (Å²) in [5.74, 6) is -0.131. The van der Waals surface area contributed by atoms with E-state index >= 15 is 0 Å². The summed E-state index contributed by atoms with van der Waals surface area (Å²) in [6, 6.07) is 3.35. The first-order valence-corrected chi connectivity index (χ1v) is 6.07. The van der Waals surface area contributed by atoms with Crippen molar-refractivity contribution in [1.82, 2.24) is 9.38 Å². The lowest BCUT2D eigenvalue weighted by atomic mass is 10.1. The summed E-state index contributed by atoms with van der Waals surface area (Å²) in [6.07, 6.45) is 6.48. The smallest absolute Gasteiger partial charge is 0.337 e. The standard InChI is InChI=1S/C13H14N2O3/c16-13(17)9-4-5-10-7-14-12(15(10)8-9)11-3-1-2-6-18-11/h4-5,7-8,11H,1-3,6H2,(H,16,17). The van der Waals surface area contributed by atoms with Crippen LogP contribution in [0.3, 0.4) is 0 Å². The Balaban J connectivity index is 2.05. The van der Waals surface area contributed by atoms with Gasteiger partial charge in [0, 0.05) is 12.8 Å². The molecule has 0 aromatic carbocycles. The van der Waals surface area contributed by atoms with Crippen LogP contribution >= 0.6 is 0 Å². The first-order valence-electron chi connectivity index (χ1n) is 6.07. The topological polar surface area (TPSA) is 63.8 Å². The predicted molar refractivity (Wildman–Crippen MR) is 64.7 cm³/mol. The molecule has 1 atom stereocenters. The molecule has 94 valence electrons. The van der Waals surface area contributed by atoms with Crippen LogP contribution in [0, 0.1) is 0 Å². The molecule has 2 aromatic heterocycles. The van der Waals surface area contributed by atoms with Crippen LogP contribution in [0.2, 0.25) is 0 Å². The number of fused-ring (bicyclic) bond motifs is 1. The minimum atomic E-state index is -0.930. The molecular formula is C13H14N2O3. The van der Waals surface area contributed by atoms with Gasteiger partial charge in [0.05, 0.1) is 17.3 Å². The van der Waals surface area contributed by atoms with Crippen molar-refractivity contribution in [3.63, 3.8) is 0 Å². The molecule has 5 nitrogen and oxygen atoms in total. The van der Waals surface area contributed by atoms with E-state index in [1.807, 2.05) is 4.40 Å². The third-order valence-corrected chi connectivity index (χ3v) is 3.27. The molecule has 1 unspecified atom stereocenters. The molecule has 1 N–H and O–H groups in total. The van der Waals surface area contributed by atoms with Gasteiger partial charge in [-0.2, -0.15) is 0 Å². The van der Waals surface area contributed by atoms with E-state index in [4.69, 9.17) is 9.84 Å². The Hall–Kier alpha value is -1.88. The summed E-state index contributed by atoms with van der Waals surface area (Å²) < 4.78 is 7.52. The fourth-order valence-electron chi connectivity index (χ4n) is 2.32. The Morgan fingerprint density at radius 2 is 2.33 bits per heavy atom. The number of carboxylic acids is 1.